The number of amides is 2. The highest BCUT2D eigenvalue weighted by molar-refractivity contribution is 5.79. The maximum atomic E-state index is 11.2. The van der Waals surface area contributed by atoms with Gasteiger partial charge in [-0.25, -0.2) is 0 Å². The van der Waals surface area contributed by atoms with Gasteiger partial charge in [0.05, 0.1) is 5.41 Å². The fraction of sp³-hybridized carbons (Fsp3) is 0.700. The van der Waals surface area contributed by atoms with Crippen molar-refractivity contribution >= 4 is 17.8 Å². The van der Waals surface area contributed by atoms with Gasteiger partial charge >= 0.3 is 5.97 Å². The van der Waals surface area contributed by atoms with E-state index in [0.29, 0.717) is 0 Å². The minimum absolute atomic E-state index is 0.0707. The molecule has 0 radical (unpaired) electrons. The molecule has 0 aromatic rings. The lowest BCUT2D eigenvalue weighted by molar-refractivity contribution is -0.146. The summed E-state index contributed by atoms with van der Waals surface area (Å²) in [5, 5.41) is 13.8. The highest BCUT2D eigenvalue weighted by atomic mass is 16.4. The number of carbonyl (C=O) groups excluding carboxylic acids is 2. The Balaban J connectivity index is 3.82. The Hall–Kier alpha value is -1.59. The van der Waals surface area contributed by atoms with Gasteiger partial charge in [-0.1, -0.05) is 0 Å². The van der Waals surface area contributed by atoms with Crippen LogP contribution in [-0.4, -0.2) is 36.0 Å². The average Bonchev–Trinajstić information content (AvgIpc) is 2.14. The van der Waals surface area contributed by atoms with Gasteiger partial charge in [0.2, 0.25) is 11.8 Å². The highest BCUT2D eigenvalue weighted by Crippen LogP contribution is 2.12. The molecule has 0 bridgehead atoms. The molecule has 92 valence electrons. The van der Waals surface area contributed by atoms with Crippen molar-refractivity contribution in [3.05, 3.63) is 0 Å². The number of aliphatic carboxylic acids is 1. The molecule has 0 aromatic carbocycles. The van der Waals surface area contributed by atoms with Crippen molar-refractivity contribution < 1.29 is 19.5 Å². The number of hydrogen-bond acceptors (Lipinski definition) is 3. The SMILES string of the molecule is CC(=O)NCCC(=O)NCC(C)(C)C(=O)O. The molecule has 0 saturated carbocycles. The molecule has 0 spiro atoms. The van der Waals surface area contributed by atoms with Crippen molar-refractivity contribution in [2.75, 3.05) is 13.1 Å². The largest absolute Gasteiger partial charge is 0.481 e. The normalized spacial score (nSPS) is 10.7. The molecule has 0 aliphatic heterocycles. The second kappa shape index (κ2) is 6.09. The van der Waals surface area contributed by atoms with Crippen molar-refractivity contribution in [3.8, 4) is 0 Å². The lowest BCUT2D eigenvalue weighted by Crippen LogP contribution is -2.39. The standard InChI is InChI=1S/C10H18N2O4/c1-7(13)11-5-4-8(14)12-6-10(2,3)9(15)16/h4-6H2,1-3H3,(H,11,13)(H,12,14)(H,15,16). The second-order valence-electron chi connectivity index (χ2n) is 4.20. The van der Waals surface area contributed by atoms with Crippen LogP contribution in [0, 0.1) is 5.41 Å². The minimum atomic E-state index is -0.982. The van der Waals surface area contributed by atoms with Gasteiger partial charge in [0, 0.05) is 26.4 Å². The van der Waals surface area contributed by atoms with Crippen LogP contribution in [0.25, 0.3) is 0 Å². The minimum Gasteiger partial charge on any atom is -0.481 e. The van der Waals surface area contributed by atoms with Gasteiger partial charge < -0.3 is 15.7 Å². The van der Waals surface area contributed by atoms with Crippen LogP contribution in [0.1, 0.15) is 27.2 Å². The van der Waals surface area contributed by atoms with Crippen LogP contribution in [0.5, 0.6) is 0 Å². The summed E-state index contributed by atoms with van der Waals surface area (Å²) in [7, 11) is 0. The number of carboxylic acids is 1. The first-order valence-corrected chi connectivity index (χ1v) is 5.00. The number of carboxylic acid groups (broad SMARTS) is 1. The van der Waals surface area contributed by atoms with Gasteiger partial charge in [0.1, 0.15) is 0 Å². The summed E-state index contributed by atoms with van der Waals surface area (Å²) < 4.78 is 0. The zero-order valence-electron chi connectivity index (χ0n) is 9.79. The van der Waals surface area contributed by atoms with E-state index in [0.717, 1.165) is 0 Å². The molecule has 0 aromatic heterocycles. The zero-order valence-corrected chi connectivity index (χ0v) is 9.79. The third-order valence-corrected chi connectivity index (χ3v) is 2.03. The van der Waals surface area contributed by atoms with E-state index in [1.807, 2.05) is 0 Å². The summed E-state index contributed by atoms with van der Waals surface area (Å²) in [6.45, 7) is 4.76. The fourth-order valence-corrected chi connectivity index (χ4v) is 0.836. The van der Waals surface area contributed by atoms with Crippen LogP contribution in [-0.2, 0) is 14.4 Å². The quantitative estimate of drug-likeness (QED) is 0.585. The van der Waals surface area contributed by atoms with E-state index in [1.165, 1.54) is 20.8 Å². The van der Waals surface area contributed by atoms with Crippen LogP contribution < -0.4 is 10.6 Å². The third-order valence-electron chi connectivity index (χ3n) is 2.03. The molecule has 16 heavy (non-hydrogen) atoms. The van der Waals surface area contributed by atoms with Crippen LogP contribution in [0.4, 0.5) is 0 Å². The molecular weight excluding hydrogens is 212 g/mol. The smallest absolute Gasteiger partial charge is 0.310 e. The van der Waals surface area contributed by atoms with E-state index in [1.54, 1.807) is 0 Å². The Morgan fingerprint density at radius 2 is 1.75 bits per heavy atom. The lowest BCUT2D eigenvalue weighted by Gasteiger charge is -2.19. The van der Waals surface area contributed by atoms with Gasteiger partial charge in [-0.3, -0.25) is 14.4 Å². The van der Waals surface area contributed by atoms with E-state index in [9.17, 15) is 14.4 Å². The zero-order chi connectivity index (χ0) is 12.8. The molecule has 6 heteroatoms. The van der Waals surface area contributed by atoms with Gasteiger partial charge in [-0.15, -0.1) is 0 Å². The summed E-state index contributed by atoms with van der Waals surface area (Å²) >= 11 is 0. The summed E-state index contributed by atoms with van der Waals surface area (Å²) in [5.41, 5.74) is -0.982. The van der Waals surface area contributed by atoms with Gasteiger partial charge in [0.15, 0.2) is 0 Å². The Morgan fingerprint density at radius 3 is 2.19 bits per heavy atom. The predicted molar refractivity (Wildman–Crippen MR) is 57.7 cm³/mol. The Labute approximate surface area is 94.4 Å². The maximum Gasteiger partial charge on any atom is 0.310 e. The molecule has 0 saturated heterocycles. The molecule has 0 fully saturated rings. The predicted octanol–water partition coefficient (Wildman–Crippen LogP) is -0.260. The Morgan fingerprint density at radius 1 is 1.19 bits per heavy atom. The summed E-state index contributed by atoms with van der Waals surface area (Å²) in [6, 6.07) is 0. The van der Waals surface area contributed by atoms with Crippen LogP contribution in [0.2, 0.25) is 0 Å². The molecule has 2 amide bonds. The number of hydrogen-bond donors (Lipinski definition) is 3. The number of rotatable bonds is 6. The van der Waals surface area contributed by atoms with Gasteiger partial charge in [0.25, 0.3) is 0 Å². The highest BCUT2D eigenvalue weighted by Gasteiger charge is 2.27. The summed E-state index contributed by atoms with van der Waals surface area (Å²) in [5.74, 6) is -1.43. The van der Waals surface area contributed by atoms with Crippen molar-refractivity contribution in [1.29, 1.82) is 0 Å². The molecular formula is C10H18N2O4. The average molecular weight is 230 g/mol. The first-order chi connectivity index (χ1) is 7.25. The summed E-state index contributed by atoms with van der Waals surface area (Å²) in [4.78, 5) is 32.5. The van der Waals surface area contributed by atoms with Crippen LogP contribution >= 0.6 is 0 Å². The van der Waals surface area contributed by atoms with Crippen LogP contribution in [0.3, 0.4) is 0 Å². The number of nitrogens with one attached hydrogen (secondary N) is 2. The first-order valence-electron chi connectivity index (χ1n) is 5.00. The van der Waals surface area contributed by atoms with E-state index in [-0.39, 0.29) is 31.3 Å². The second-order valence-corrected chi connectivity index (χ2v) is 4.20. The lowest BCUT2D eigenvalue weighted by atomic mass is 9.94. The molecule has 0 aliphatic carbocycles. The van der Waals surface area contributed by atoms with E-state index >= 15 is 0 Å². The van der Waals surface area contributed by atoms with E-state index in [4.69, 9.17) is 5.11 Å². The fourth-order valence-electron chi connectivity index (χ4n) is 0.836. The molecule has 3 N–H and O–H groups in total. The number of carbonyl (C=O) groups is 3. The molecule has 0 atom stereocenters. The van der Waals surface area contributed by atoms with Crippen LogP contribution in [0.15, 0.2) is 0 Å². The van der Waals surface area contributed by atoms with Crippen molar-refractivity contribution in [2.45, 2.75) is 27.2 Å². The topological polar surface area (TPSA) is 95.5 Å². The van der Waals surface area contributed by atoms with Gasteiger partial charge in [-0.2, -0.15) is 0 Å². The Bertz CT molecular complexity index is 287. The molecule has 0 rings (SSSR count). The monoisotopic (exact) mass is 230 g/mol. The van der Waals surface area contributed by atoms with E-state index < -0.39 is 11.4 Å². The molecule has 0 unspecified atom stereocenters. The summed E-state index contributed by atoms with van der Waals surface area (Å²) in [6.07, 6.45) is 0.148. The maximum absolute atomic E-state index is 11.2. The Kier molecular flexibility index (Phi) is 5.49. The third kappa shape index (κ3) is 6.00. The van der Waals surface area contributed by atoms with Gasteiger partial charge in [-0.05, 0) is 13.8 Å². The van der Waals surface area contributed by atoms with Crippen molar-refractivity contribution in [1.82, 2.24) is 10.6 Å². The van der Waals surface area contributed by atoms with Crippen molar-refractivity contribution in [2.24, 2.45) is 5.41 Å². The first kappa shape index (κ1) is 14.4. The molecule has 6 nitrogen and oxygen atoms in total. The molecule has 0 heterocycles. The molecule has 0 aliphatic rings. The van der Waals surface area contributed by atoms with Crippen molar-refractivity contribution in [3.63, 3.8) is 0 Å². The van der Waals surface area contributed by atoms with E-state index in [2.05, 4.69) is 10.6 Å².